The quantitative estimate of drug-likeness (QED) is 0.925. The summed E-state index contributed by atoms with van der Waals surface area (Å²) in [5.74, 6) is 1.22. The number of nitrogens with zero attached hydrogens (tertiary/aromatic N) is 1. The van der Waals surface area contributed by atoms with Gasteiger partial charge in [-0.15, -0.1) is 12.4 Å². The zero-order valence-electron chi connectivity index (χ0n) is 12.4. The van der Waals surface area contributed by atoms with Crippen LogP contribution in [0.15, 0.2) is 18.2 Å². The van der Waals surface area contributed by atoms with Crippen molar-refractivity contribution in [2.24, 2.45) is 0 Å². The zero-order chi connectivity index (χ0) is 13.9. The molecule has 1 atom stereocenters. The topological polar surface area (TPSA) is 41.6 Å². The van der Waals surface area contributed by atoms with Gasteiger partial charge in [0.1, 0.15) is 5.75 Å². The molecule has 2 heterocycles. The molecule has 1 saturated heterocycles. The Kier molecular flexibility index (Phi) is 5.48. The summed E-state index contributed by atoms with van der Waals surface area (Å²) in [7, 11) is 1.97. The van der Waals surface area contributed by atoms with Crippen molar-refractivity contribution in [3.63, 3.8) is 0 Å². The van der Waals surface area contributed by atoms with Gasteiger partial charge in [0.15, 0.2) is 0 Å². The predicted molar refractivity (Wildman–Crippen MR) is 85.3 cm³/mol. The fourth-order valence-electron chi connectivity index (χ4n) is 3.08. The van der Waals surface area contributed by atoms with Gasteiger partial charge in [0.25, 0.3) is 0 Å². The van der Waals surface area contributed by atoms with E-state index in [9.17, 15) is 4.79 Å². The third-order valence-corrected chi connectivity index (χ3v) is 4.29. The van der Waals surface area contributed by atoms with Crippen molar-refractivity contribution in [1.82, 2.24) is 10.2 Å². The van der Waals surface area contributed by atoms with Crippen molar-refractivity contribution in [3.8, 4) is 5.75 Å². The van der Waals surface area contributed by atoms with Crippen molar-refractivity contribution in [1.29, 1.82) is 0 Å². The Labute approximate surface area is 132 Å². The summed E-state index contributed by atoms with van der Waals surface area (Å²) < 4.78 is 5.50. The molecule has 4 nitrogen and oxygen atoms in total. The average molecular weight is 311 g/mol. The Morgan fingerprint density at radius 3 is 3.14 bits per heavy atom. The minimum Gasteiger partial charge on any atom is -0.493 e. The average Bonchev–Trinajstić information content (AvgIpc) is 2.95. The molecule has 0 aromatic heterocycles. The maximum atomic E-state index is 12.4. The molecule has 1 unspecified atom stereocenters. The van der Waals surface area contributed by atoms with E-state index in [2.05, 4.69) is 11.4 Å². The van der Waals surface area contributed by atoms with Crippen LogP contribution in [0.3, 0.4) is 0 Å². The number of halogens is 1. The highest BCUT2D eigenvalue weighted by Crippen LogP contribution is 2.26. The lowest BCUT2D eigenvalue weighted by molar-refractivity contribution is -0.131. The van der Waals surface area contributed by atoms with Crippen LogP contribution in [0.2, 0.25) is 0 Å². The molecular weight excluding hydrogens is 288 g/mol. The van der Waals surface area contributed by atoms with E-state index in [1.807, 2.05) is 24.1 Å². The number of amides is 1. The van der Waals surface area contributed by atoms with Crippen molar-refractivity contribution in [2.75, 3.05) is 26.7 Å². The molecule has 1 N–H and O–H groups in total. The molecular formula is C16H23ClN2O2. The monoisotopic (exact) mass is 310 g/mol. The second-order valence-electron chi connectivity index (χ2n) is 5.68. The molecule has 116 valence electrons. The first-order valence-electron chi connectivity index (χ1n) is 7.46. The molecule has 1 aromatic rings. The highest BCUT2D eigenvalue weighted by molar-refractivity contribution is 5.85. The number of rotatable bonds is 3. The molecule has 1 aromatic carbocycles. The Bertz CT molecular complexity index is 507. The second kappa shape index (κ2) is 7.14. The molecule has 0 aliphatic carbocycles. The van der Waals surface area contributed by atoms with E-state index in [0.717, 1.165) is 50.3 Å². The van der Waals surface area contributed by atoms with E-state index in [4.69, 9.17) is 4.74 Å². The largest absolute Gasteiger partial charge is 0.493 e. The summed E-state index contributed by atoms with van der Waals surface area (Å²) >= 11 is 0. The van der Waals surface area contributed by atoms with Crippen LogP contribution in [0.4, 0.5) is 0 Å². The van der Waals surface area contributed by atoms with Crippen LogP contribution in [-0.4, -0.2) is 43.6 Å². The van der Waals surface area contributed by atoms with Crippen molar-refractivity contribution in [2.45, 2.75) is 31.7 Å². The van der Waals surface area contributed by atoms with E-state index in [0.29, 0.717) is 12.5 Å². The standard InChI is InChI=1S/C16H22N2O2.ClH/c1-17-14-3-2-7-18(11-14)16(19)10-12-4-5-15-13(9-12)6-8-20-15;/h4-5,9,14,17H,2-3,6-8,10-11H2,1H3;1H. The van der Waals surface area contributed by atoms with Gasteiger partial charge in [-0.3, -0.25) is 4.79 Å². The number of hydrogen-bond acceptors (Lipinski definition) is 3. The van der Waals surface area contributed by atoms with Gasteiger partial charge in [-0.05, 0) is 37.1 Å². The van der Waals surface area contributed by atoms with Gasteiger partial charge in [-0.2, -0.15) is 0 Å². The summed E-state index contributed by atoms with van der Waals surface area (Å²) in [6.45, 7) is 2.50. The summed E-state index contributed by atoms with van der Waals surface area (Å²) in [4.78, 5) is 14.4. The van der Waals surface area contributed by atoms with Crippen molar-refractivity contribution >= 4 is 18.3 Å². The van der Waals surface area contributed by atoms with Crippen molar-refractivity contribution in [3.05, 3.63) is 29.3 Å². The van der Waals surface area contributed by atoms with E-state index in [1.165, 1.54) is 5.56 Å². The van der Waals surface area contributed by atoms with Crippen LogP contribution in [0, 0.1) is 0 Å². The van der Waals surface area contributed by atoms with Crippen LogP contribution >= 0.6 is 12.4 Å². The highest BCUT2D eigenvalue weighted by Gasteiger charge is 2.23. The number of hydrogen-bond donors (Lipinski definition) is 1. The number of likely N-dealkylation sites (tertiary alicyclic amines) is 1. The number of piperidine rings is 1. The van der Waals surface area contributed by atoms with E-state index < -0.39 is 0 Å². The fourth-order valence-corrected chi connectivity index (χ4v) is 3.08. The molecule has 0 bridgehead atoms. The van der Waals surface area contributed by atoms with Gasteiger partial charge in [-0.1, -0.05) is 12.1 Å². The summed E-state index contributed by atoms with van der Waals surface area (Å²) in [5, 5.41) is 3.28. The smallest absolute Gasteiger partial charge is 0.227 e. The molecule has 0 radical (unpaired) electrons. The number of benzene rings is 1. The van der Waals surface area contributed by atoms with E-state index in [1.54, 1.807) is 0 Å². The van der Waals surface area contributed by atoms with Crippen LogP contribution in [-0.2, 0) is 17.6 Å². The van der Waals surface area contributed by atoms with Gasteiger partial charge >= 0.3 is 0 Å². The summed E-state index contributed by atoms with van der Waals surface area (Å²) in [6, 6.07) is 6.58. The van der Waals surface area contributed by atoms with Crippen LogP contribution in [0.25, 0.3) is 0 Å². The first-order valence-corrected chi connectivity index (χ1v) is 7.46. The van der Waals surface area contributed by atoms with Gasteiger partial charge in [0.2, 0.25) is 5.91 Å². The lowest BCUT2D eigenvalue weighted by Crippen LogP contribution is -2.47. The number of carbonyl (C=O) groups excluding carboxylic acids is 1. The third-order valence-electron chi connectivity index (χ3n) is 4.29. The number of carbonyl (C=O) groups is 1. The zero-order valence-corrected chi connectivity index (χ0v) is 13.2. The molecule has 21 heavy (non-hydrogen) atoms. The Hall–Kier alpha value is -1.26. The Balaban J connectivity index is 0.00000161. The van der Waals surface area contributed by atoms with Gasteiger partial charge in [-0.25, -0.2) is 0 Å². The molecule has 2 aliphatic rings. The lowest BCUT2D eigenvalue weighted by atomic mass is 10.0. The van der Waals surface area contributed by atoms with Crippen molar-refractivity contribution < 1.29 is 9.53 Å². The SMILES string of the molecule is CNC1CCCN(C(=O)Cc2ccc3c(c2)CCO3)C1.Cl. The van der Waals surface area contributed by atoms with Crippen LogP contribution in [0.5, 0.6) is 5.75 Å². The second-order valence-corrected chi connectivity index (χ2v) is 5.68. The summed E-state index contributed by atoms with van der Waals surface area (Å²) in [6.07, 6.45) is 3.72. The number of ether oxygens (including phenoxy) is 1. The molecule has 5 heteroatoms. The Morgan fingerprint density at radius 2 is 2.33 bits per heavy atom. The van der Waals surface area contributed by atoms with Gasteiger partial charge in [0, 0.05) is 25.6 Å². The van der Waals surface area contributed by atoms with Gasteiger partial charge < -0.3 is 15.0 Å². The summed E-state index contributed by atoms with van der Waals surface area (Å²) in [5.41, 5.74) is 2.34. The van der Waals surface area contributed by atoms with Crippen LogP contribution in [0.1, 0.15) is 24.0 Å². The predicted octanol–water partition coefficient (Wildman–Crippen LogP) is 1.80. The molecule has 0 saturated carbocycles. The molecule has 0 spiro atoms. The van der Waals surface area contributed by atoms with Crippen LogP contribution < -0.4 is 10.1 Å². The van der Waals surface area contributed by atoms with E-state index >= 15 is 0 Å². The van der Waals surface area contributed by atoms with Gasteiger partial charge in [0.05, 0.1) is 13.0 Å². The maximum absolute atomic E-state index is 12.4. The normalized spacial score (nSPS) is 20.4. The fraction of sp³-hybridized carbons (Fsp3) is 0.562. The number of nitrogens with one attached hydrogen (secondary N) is 1. The van der Waals surface area contributed by atoms with E-state index in [-0.39, 0.29) is 18.3 Å². The number of likely N-dealkylation sites (N-methyl/N-ethyl adjacent to an activating group) is 1. The molecule has 2 aliphatic heterocycles. The number of fused-ring (bicyclic) bond motifs is 1. The Morgan fingerprint density at radius 1 is 1.48 bits per heavy atom. The third kappa shape index (κ3) is 3.69. The molecule has 3 rings (SSSR count). The minimum atomic E-state index is 0. The maximum Gasteiger partial charge on any atom is 0.227 e. The first-order chi connectivity index (χ1) is 9.76. The minimum absolute atomic E-state index is 0. The first kappa shape index (κ1) is 16.1. The lowest BCUT2D eigenvalue weighted by Gasteiger charge is -2.32. The molecule has 1 fully saturated rings. The molecule has 1 amide bonds. The highest BCUT2D eigenvalue weighted by atomic mass is 35.5.